The highest BCUT2D eigenvalue weighted by Crippen LogP contribution is 2.62. The molecule has 6 heteroatoms. The predicted octanol–water partition coefficient (Wildman–Crippen LogP) is 2.69. The number of carbonyl (C=O) groups is 1. The third-order valence-electron chi connectivity index (χ3n) is 7.16. The molecule has 0 aromatic carbocycles. The lowest BCUT2D eigenvalue weighted by Gasteiger charge is -2.53. The van der Waals surface area contributed by atoms with Crippen molar-refractivity contribution in [3.8, 4) is 0 Å². The predicted molar refractivity (Wildman–Crippen MR) is 102 cm³/mol. The van der Waals surface area contributed by atoms with E-state index in [-0.39, 0.29) is 12.0 Å². The maximum absolute atomic E-state index is 12.5. The summed E-state index contributed by atoms with van der Waals surface area (Å²) in [6, 6.07) is 0. The number of amides is 1. The van der Waals surface area contributed by atoms with Gasteiger partial charge in [0.25, 0.3) is 0 Å². The third kappa shape index (κ3) is 3.60. The Kier molecular flexibility index (Phi) is 5.56. The van der Waals surface area contributed by atoms with Crippen molar-refractivity contribution >= 4 is 6.09 Å². The molecule has 3 aliphatic rings. The second-order valence-corrected chi connectivity index (χ2v) is 10.2. The van der Waals surface area contributed by atoms with Gasteiger partial charge in [0.2, 0.25) is 0 Å². The summed E-state index contributed by atoms with van der Waals surface area (Å²) in [5, 5.41) is 33.5. The van der Waals surface area contributed by atoms with Gasteiger partial charge in [-0.1, -0.05) is 6.92 Å². The van der Waals surface area contributed by atoms with E-state index in [9.17, 15) is 20.1 Å². The van der Waals surface area contributed by atoms with Gasteiger partial charge in [-0.05, 0) is 77.6 Å². The molecule has 0 radical (unpaired) electrons. The Morgan fingerprint density at radius 3 is 2.30 bits per heavy atom. The molecule has 156 valence electrons. The molecular weight excluding hydrogens is 346 g/mol. The Balaban J connectivity index is 1.82. The SMILES string of the molecule is C[C@@H]1C[C@H]2C[C@H](O)[C@]3(O)CCCN(C(=O)OC(C)(C)C)CCC[C@]23[C@H](O)C1. The van der Waals surface area contributed by atoms with E-state index in [1.807, 2.05) is 20.8 Å². The normalized spacial score (nSPS) is 43.1. The van der Waals surface area contributed by atoms with E-state index in [0.717, 1.165) is 6.42 Å². The van der Waals surface area contributed by atoms with E-state index < -0.39 is 28.8 Å². The fraction of sp³-hybridized carbons (Fsp3) is 0.952. The molecule has 3 rings (SSSR count). The molecule has 1 spiro atoms. The van der Waals surface area contributed by atoms with Crippen molar-refractivity contribution < 1.29 is 24.9 Å². The molecule has 27 heavy (non-hydrogen) atoms. The second-order valence-electron chi connectivity index (χ2n) is 10.2. The number of hydrogen-bond donors (Lipinski definition) is 3. The van der Waals surface area contributed by atoms with Crippen LogP contribution in [0.3, 0.4) is 0 Å². The standard InChI is InChI=1S/C21H37NO5/c1-14-11-15-13-17(24)21(26)8-6-10-22(18(25)27-19(2,3)4)9-5-7-20(15,21)16(23)12-14/h14-17,23-24,26H,5-13H2,1-4H3/t14-,15+,16-,17+,20-,21-/m1/s1. The van der Waals surface area contributed by atoms with Crippen LogP contribution in [0.4, 0.5) is 4.79 Å². The number of carbonyl (C=O) groups excluding carboxylic acids is 1. The maximum Gasteiger partial charge on any atom is 0.410 e. The smallest absolute Gasteiger partial charge is 0.410 e. The minimum atomic E-state index is -1.28. The van der Waals surface area contributed by atoms with Crippen molar-refractivity contribution in [2.24, 2.45) is 17.3 Å². The molecule has 0 unspecified atom stereocenters. The van der Waals surface area contributed by atoms with Crippen molar-refractivity contribution in [1.82, 2.24) is 4.90 Å². The van der Waals surface area contributed by atoms with Gasteiger partial charge in [0.15, 0.2) is 0 Å². The molecule has 6 atom stereocenters. The van der Waals surface area contributed by atoms with E-state index in [4.69, 9.17) is 4.74 Å². The van der Waals surface area contributed by atoms with Crippen molar-refractivity contribution in [2.75, 3.05) is 13.1 Å². The van der Waals surface area contributed by atoms with Gasteiger partial charge in [0, 0.05) is 18.5 Å². The zero-order chi connectivity index (χ0) is 20.0. The van der Waals surface area contributed by atoms with Gasteiger partial charge in [0.05, 0.1) is 17.8 Å². The van der Waals surface area contributed by atoms with Crippen LogP contribution in [-0.2, 0) is 4.74 Å². The van der Waals surface area contributed by atoms with Crippen molar-refractivity contribution in [1.29, 1.82) is 0 Å². The van der Waals surface area contributed by atoms with E-state index in [0.29, 0.717) is 57.5 Å². The lowest BCUT2D eigenvalue weighted by molar-refractivity contribution is -0.197. The first-order valence-electron chi connectivity index (χ1n) is 10.6. The average Bonchev–Trinajstić information content (AvgIpc) is 2.77. The lowest BCUT2D eigenvalue weighted by Crippen LogP contribution is -2.60. The first kappa shape index (κ1) is 20.9. The summed E-state index contributed by atoms with van der Waals surface area (Å²) < 4.78 is 5.52. The summed E-state index contributed by atoms with van der Waals surface area (Å²) in [6.07, 6.45) is 2.72. The molecule has 1 saturated heterocycles. The van der Waals surface area contributed by atoms with E-state index in [1.54, 1.807) is 4.90 Å². The lowest BCUT2D eigenvalue weighted by atomic mass is 9.55. The van der Waals surface area contributed by atoms with Crippen LogP contribution >= 0.6 is 0 Å². The average molecular weight is 384 g/mol. The van der Waals surface area contributed by atoms with Gasteiger partial charge >= 0.3 is 6.09 Å². The van der Waals surface area contributed by atoms with Crippen LogP contribution in [0.15, 0.2) is 0 Å². The van der Waals surface area contributed by atoms with Gasteiger partial charge in [-0.2, -0.15) is 0 Å². The topological polar surface area (TPSA) is 90.2 Å². The van der Waals surface area contributed by atoms with Gasteiger partial charge in [0.1, 0.15) is 5.60 Å². The Labute approximate surface area is 162 Å². The molecule has 1 aliphatic heterocycles. The Hall–Kier alpha value is -0.850. The molecule has 1 amide bonds. The molecule has 2 aliphatic carbocycles. The summed E-state index contributed by atoms with van der Waals surface area (Å²) in [7, 11) is 0. The van der Waals surface area contributed by atoms with E-state index in [1.165, 1.54) is 0 Å². The summed E-state index contributed by atoms with van der Waals surface area (Å²) in [6.45, 7) is 8.75. The number of ether oxygens (including phenoxy) is 1. The van der Waals surface area contributed by atoms with E-state index in [2.05, 4.69) is 6.92 Å². The van der Waals surface area contributed by atoms with Crippen molar-refractivity contribution in [3.05, 3.63) is 0 Å². The highest BCUT2D eigenvalue weighted by atomic mass is 16.6. The van der Waals surface area contributed by atoms with Crippen LogP contribution in [0.1, 0.15) is 72.6 Å². The van der Waals surface area contributed by atoms with Gasteiger partial charge < -0.3 is 25.0 Å². The van der Waals surface area contributed by atoms with Crippen molar-refractivity contribution in [2.45, 2.75) is 96.1 Å². The molecule has 2 saturated carbocycles. The van der Waals surface area contributed by atoms with Gasteiger partial charge in [-0.3, -0.25) is 0 Å². The largest absolute Gasteiger partial charge is 0.444 e. The molecular formula is C21H37NO5. The van der Waals surface area contributed by atoms with Crippen LogP contribution in [0, 0.1) is 17.3 Å². The summed E-state index contributed by atoms with van der Waals surface area (Å²) in [5.74, 6) is 0.528. The minimum Gasteiger partial charge on any atom is -0.444 e. The first-order valence-corrected chi connectivity index (χ1v) is 10.6. The third-order valence-corrected chi connectivity index (χ3v) is 7.16. The zero-order valence-electron chi connectivity index (χ0n) is 17.3. The highest BCUT2D eigenvalue weighted by Gasteiger charge is 2.67. The molecule has 0 aromatic rings. The zero-order valence-corrected chi connectivity index (χ0v) is 17.3. The number of rotatable bonds is 0. The highest BCUT2D eigenvalue weighted by molar-refractivity contribution is 5.68. The Morgan fingerprint density at radius 1 is 1.04 bits per heavy atom. The van der Waals surface area contributed by atoms with Gasteiger partial charge in [-0.15, -0.1) is 0 Å². The first-order chi connectivity index (χ1) is 12.5. The van der Waals surface area contributed by atoms with Crippen LogP contribution in [0.2, 0.25) is 0 Å². The summed E-state index contributed by atoms with van der Waals surface area (Å²) >= 11 is 0. The summed E-state index contributed by atoms with van der Waals surface area (Å²) in [5.41, 5.74) is -2.48. The molecule has 0 aromatic heterocycles. The number of nitrogens with zero attached hydrogens (tertiary/aromatic N) is 1. The molecule has 3 N–H and O–H groups in total. The van der Waals surface area contributed by atoms with Crippen LogP contribution < -0.4 is 0 Å². The molecule has 0 bridgehead atoms. The maximum atomic E-state index is 12.5. The quantitative estimate of drug-likeness (QED) is 0.598. The molecule has 3 fully saturated rings. The van der Waals surface area contributed by atoms with Crippen LogP contribution in [0.5, 0.6) is 0 Å². The Morgan fingerprint density at radius 2 is 1.67 bits per heavy atom. The number of aliphatic hydroxyl groups excluding tert-OH is 2. The molecule has 1 heterocycles. The number of hydrogen-bond acceptors (Lipinski definition) is 5. The second kappa shape index (κ2) is 7.20. The van der Waals surface area contributed by atoms with Crippen LogP contribution in [-0.4, -0.2) is 62.8 Å². The van der Waals surface area contributed by atoms with Crippen LogP contribution in [0.25, 0.3) is 0 Å². The Bertz CT molecular complexity index is 561. The molecule has 6 nitrogen and oxygen atoms in total. The monoisotopic (exact) mass is 383 g/mol. The fourth-order valence-corrected chi connectivity index (χ4v) is 6.09. The van der Waals surface area contributed by atoms with Gasteiger partial charge in [-0.25, -0.2) is 4.79 Å². The van der Waals surface area contributed by atoms with Crippen molar-refractivity contribution in [3.63, 3.8) is 0 Å². The number of aliphatic hydroxyl groups is 3. The fourth-order valence-electron chi connectivity index (χ4n) is 6.09. The summed E-state index contributed by atoms with van der Waals surface area (Å²) in [4.78, 5) is 14.2. The minimum absolute atomic E-state index is 0.129. The van der Waals surface area contributed by atoms with E-state index >= 15 is 0 Å².